The average molecular weight is 334 g/mol. The van der Waals surface area contributed by atoms with Crippen LogP contribution in [0.5, 0.6) is 5.75 Å². The number of fused-ring (bicyclic) bond motifs is 1. The lowest BCUT2D eigenvalue weighted by atomic mass is 9.87. The van der Waals surface area contributed by atoms with Gasteiger partial charge < -0.3 is 4.74 Å². The molecule has 0 fully saturated rings. The molecule has 0 atom stereocenters. The number of ether oxygens (including phenoxy) is 1. The van der Waals surface area contributed by atoms with Crippen LogP contribution in [0.4, 0.5) is 0 Å². The minimum Gasteiger partial charge on any atom is -0.495 e. The zero-order valence-electron chi connectivity index (χ0n) is 14.6. The molecule has 1 heteroatoms. The molecule has 0 heterocycles. The van der Waals surface area contributed by atoms with Crippen LogP contribution in [-0.2, 0) is 0 Å². The quantitative estimate of drug-likeness (QED) is 0.407. The van der Waals surface area contributed by atoms with Crippen molar-refractivity contribution in [1.82, 2.24) is 0 Å². The van der Waals surface area contributed by atoms with Crippen LogP contribution in [0.1, 0.15) is 5.56 Å². The van der Waals surface area contributed by atoms with Gasteiger partial charge in [-0.3, -0.25) is 0 Å². The lowest BCUT2D eigenvalue weighted by Gasteiger charge is -2.19. The fraction of sp³-hybridized carbons (Fsp3) is 0.0400. The second-order valence-electron chi connectivity index (χ2n) is 6.08. The Bertz CT molecular complexity index is 1100. The molecule has 0 aliphatic heterocycles. The summed E-state index contributed by atoms with van der Waals surface area (Å²) in [7, 11) is 1.69. The predicted octanol–water partition coefficient (Wildman–Crippen LogP) is 6.16. The summed E-state index contributed by atoms with van der Waals surface area (Å²) in [5, 5.41) is 2.26. The molecule has 0 amide bonds. The summed E-state index contributed by atoms with van der Waals surface area (Å²) in [4.78, 5) is 0. The molecular weight excluding hydrogens is 316 g/mol. The van der Waals surface area contributed by atoms with Crippen LogP contribution in [0.15, 0.2) is 84.9 Å². The van der Waals surface area contributed by atoms with E-state index in [0.29, 0.717) is 0 Å². The zero-order chi connectivity index (χ0) is 17.9. The summed E-state index contributed by atoms with van der Waals surface area (Å²) in [6, 6.07) is 28.9. The van der Waals surface area contributed by atoms with Gasteiger partial charge in [0.1, 0.15) is 5.75 Å². The molecule has 1 nitrogen and oxygen atoms in total. The summed E-state index contributed by atoms with van der Waals surface area (Å²) in [5.41, 5.74) is 5.05. The Labute approximate surface area is 153 Å². The van der Waals surface area contributed by atoms with Crippen molar-refractivity contribution in [3.8, 4) is 40.3 Å². The highest BCUT2D eigenvalue weighted by molar-refractivity contribution is 6.10. The van der Waals surface area contributed by atoms with Crippen LogP contribution in [0.3, 0.4) is 0 Å². The standard InChI is InChI=1S/C25H18O/c1-3-20-23(18-12-6-4-7-13-18)21-16-10-11-17-22(21)24(25(20)26-2)19-14-8-5-9-15-19/h1,4-17H,2H3. The summed E-state index contributed by atoms with van der Waals surface area (Å²) >= 11 is 0. The normalized spacial score (nSPS) is 10.5. The first-order valence-corrected chi connectivity index (χ1v) is 8.55. The van der Waals surface area contributed by atoms with Gasteiger partial charge in [-0.1, -0.05) is 90.8 Å². The van der Waals surface area contributed by atoms with Crippen molar-refractivity contribution in [3.05, 3.63) is 90.5 Å². The Morgan fingerprint density at radius 1 is 0.654 bits per heavy atom. The zero-order valence-corrected chi connectivity index (χ0v) is 14.6. The van der Waals surface area contributed by atoms with E-state index < -0.39 is 0 Å². The van der Waals surface area contributed by atoms with E-state index in [0.717, 1.165) is 44.3 Å². The van der Waals surface area contributed by atoms with E-state index in [1.165, 1.54) is 0 Å². The molecule has 0 saturated heterocycles. The van der Waals surface area contributed by atoms with Crippen LogP contribution in [0, 0.1) is 12.3 Å². The molecule has 0 bridgehead atoms. The molecule has 4 rings (SSSR count). The van der Waals surface area contributed by atoms with Gasteiger partial charge in [0.2, 0.25) is 0 Å². The van der Waals surface area contributed by atoms with Gasteiger partial charge in [0.05, 0.1) is 12.7 Å². The lowest BCUT2D eigenvalue weighted by molar-refractivity contribution is 0.416. The summed E-state index contributed by atoms with van der Waals surface area (Å²) in [5.74, 6) is 3.64. The average Bonchev–Trinajstić information content (AvgIpc) is 2.73. The van der Waals surface area contributed by atoms with Crippen molar-refractivity contribution in [1.29, 1.82) is 0 Å². The number of terminal acetylenes is 1. The van der Waals surface area contributed by atoms with Gasteiger partial charge in [0.15, 0.2) is 0 Å². The van der Waals surface area contributed by atoms with Crippen LogP contribution in [0.25, 0.3) is 33.0 Å². The molecule has 0 saturated carbocycles. The van der Waals surface area contributed by atoms with E-state index in [2.05, 4.69) is 54.5 Å². The van der Waals surface area contributed by atoms with Gasteiger partial charge in [-0.15, -0.1) is 6.42 Å². The van der Waals surface area contributed by atoms with Crippen LogP contribution in [-0.4, -0.2) is 7.11 Å². The largest absolute Gasteiger partial charge is 0.495 e. The van der Waals surface area contributed by atoms with Gasteiger partial charge in [-0.2, -0.15) is 0 Å². The Balaban J connectivity index is 2.21. The van der Waals surface area contributed by atoms with Crippen LogP contribution < -0.4 is 4.74 Å². The van der Waals surface area contributed by atoms with Crippen LogP contribution >= 0.6 is 0 Å². The third kappa shape index (κ3) is 2.53. The smallest absolute Gasteiger partial charge is 0.143 e. The number of methoxy groups -OCH3 is 1. The maximum Gasteiger partial charge on any atom is 0.143 e. The molecule has 0 aliphatic rings. The van der Waals surface area contributed by atoms with Crippen molar-refractivity contribution >= 4 is 10.8 Å². The highest BCUT2D eigenvalue weighted by Gasteiger charge is 2.20. The van der Waals surface area contributed by atoms with E-state index >= 15 is 0 Å². The van der Waals surface area contributed by atoms with Gasteiger partial charge in [-0.25, -0.2) is 0 Å². The third-order valence-corrected chi connectivity index (χ3v) is 4.64. The fourth-order valence-corrected chi connectivity index (χ4v) is 3.55. The van der Waals surface area contributed by atoms with Gasteiger partial charge in [0, 0.05) is 11.1 Å². The van der Waals surface area contributed by atoms with Crippen molar-refractivity contribution in [2.45, 2.75) is 0 Å². The molecular formula is C25H18O. The Hall–Kier alpha value is -3.50. The maximum absolute atomic E-state index is 5.97. The molecule has 4 aromatic carbocycles. The minimum absolute atomic E-state index is 0.747. The Morgan fingerprint density at radius 3 is 1.62 bits per heavy atom. The highest BCUT2D eigenvalue weighted by atomic mass is 16.5. The number of rotatable bonds is 3. The lowest BCUT2D eigenvalue weighted by Crippen LogP contribution is -1.98. The van der Waals surface area contributed by atoms with E-state index in [9.17, 15) is 0 Å². The molecule has 4 aromatic rings. The molecule has 26 heavy (non-hydrogen) atoms. The van der Waals surface area contributed by atoms with Crippen LogP contribution in [0.2, 0.25) is 0 Å². The minimum atomic E-state index is 0.747. The number of benzene rings is 4. The van der Waals surface area contributed by atoms with E-state index in [4.69, 9.17) is 11.2 Å². The van der Waals surface area contributed by atoms with E-state index in [1.807, 2.05) is 36.4 Å². The molecule has 0 N–H and O–H groups in total. The maximum atomic E-state index is 5.97. The third-order valence-electron chi connectivity index (χ3n) is 4.64. The monoisotopic (exact) mass is 334 g/mol. The number of hydrogen-bond acceptors (Lipinski definition) is 1. The molecule has 0 unspecified atom stereocenters. The van der Waals surface area contributed by atoms with E-state index in [-0.39, 0.29) is 0 Å². The first-order valence-electron chi connectivity index (χ1n) is 8.55. The Morgan fingerprint density at radius 2 is 1.12 bits per heavy atom. The van der Waals surface area contributed by atoms with E-state index in [1.54, 1.807) is 7.11 Å². The van der Waals surface area contributed by atoms with Crippen molar-refractivity contribution in [2.75, 3.05) is 7.11 Å². The van der Waals surface area contributed by atoms with Crippen molar-refractivity contribution in [2.24, 2.45) is 0 Å². The SMILES string of the molecule is C#Cc1c(OC)c(-c2ccccc2)c2ccccc2c1-c1ccccc1. The molecule has 0 aliphatic carbocycles. The predicted molar refractivity (Wildman–Crippen MR) is 109 cm³/mol. The molecule has 0 spiro atoms. The molecule has 0 aromatic heterocycles. The summed E-state index contributed by atoms with van der Waals surface area (Å²) in [6.07, 6.45) is 5.97. The highest BCUT2D eigenvalue weighted by Crippen LogP contribution is 2.45. The van der Waals surface area contributed by atoms with Gasteiger partial charge >= 0.3 is 0 Å². The summed E-state index contributed by atoms with van der Waals surface area (Å²) in [6.45, 7) is 0. The molecule has 124 valence electrons. The topological polar surface area (TPSA) is 9.23 Å². The van der Waals surface area contributed by atoms with Crippen molar-refractivity contribution < 1.29 is 4.74 Å². The first-order chi connectivity index (χ1) is 12.8. The number of hydrogen-bond donors (Lipinski definition) is 0. The van der Waals surface area contributed by atoms with Gasteiger partial charge in [-0.05, 0) is 21.9 Å². The fourth-order valence-electron chi connectivity index (χ4n) is 3.55. The second kappa shape index (κ2) is 6.78. The molecule has 0 radical (unpaired) electrons. The van der Waals surface area contributed by atoms with Crippen molar-refractivity contribution in [3.63, 3.8) is 0 Å². The summed E-state index contributed by atoms with van der Waals surface area (Å²) < 4.78 is 5.85. The van der Waals surface area contributed by atoms with Gasteiger partial charge in [0.25, 0.3) is 0 Å². The first kappa shape index (κ1) is 16.0. The Kier molecular flexibility index (Phi) is 4.17. The second-order valence-corrected chi connectivity index (χ2v) is 6.08.